The van der Waals surface area contributed by atoms with Gasteiger partial charge < -0.3 is 11.1 Å². The summed E-state index contributed by atoms with van der Waals surface area (Å²) in [4.78, 5) is 22.6. The predicted molar refractivity (Wildman–Crippen MR) is 74.2 cm³/mol. The van der Waals surface area contributed by atoms with Gasteiger partial charge in [0.25, 0.3) is 0 Å². The van der Waals surface area contributed by atoms with E-state index >= 15 is 0 Å². The Morgan fingerprint density at radius 2 is 1.89 bits per heavy atom. The molecule has 0 radical (unpaired) electrons. The number of carbonyl (C=O) groups is 2. The van der Waals surface area contributed by atoms with Crippen LogP contribution in [-0.4, -0.2) is 36.6 Å². The van der Waals surface area contributed by atoms with E-state index in [1.807, 2.05) is 5.01 Å². The minimum Gasteiger partial charge on any atom is -0.369 e. The lowest BCUT2D eigenvalue weighted by atomic mass is 9.97. The van der Waals surface area contributed by atoms with Crippen LogP contribution in [0.2, 0.25) is 0 Å². The van der Waals surface area contributed by atoms with Crippen molar-refractivity contribution in [2.75, 3.05) is 19.6 Å². The molecule has 1 fully saturated rings. The molecule has 0 aromatic carbocycles. The smallest absolute Gasteiger partial charge is 0.329 e. The van der Waals surface area contributed by atoms with Gasteiger partial charge in [0.1, 0.15) is 0 Å². The standard InChI is InChI=1S/C13H26N4O2/c1-2-3-4-5-8-15-13(19)16-17-9-6-11(7-10-17)12(14)18/h11H,2-10H2,1H3,(H2,14,18)(H2,15,16,19). The monoisotopic (exact) mass is 270 g/mol. The van der Waals surface area contributed by atoms with E-state index in [1.54, 1.807) is 0 Å². The molecule has 0 spiro atoms. The lowest BCUT2D eigenvalue weighted by Crippen LogP contribution is -2.51. The second-order valence-electron chi connectivity index (χ2n) is 5.09. The number of urea groups is 1. The van der Waals surface area contributed by atoms with Gasteiger partial charge in [0.2, 0.25) is 5.91 Å². The Morgan fingerprint density at radius 3 is 2.47 bits per heavy atom. The second-order valence-corrected chi connectivity index (χ2v) is 5.09. The Bertz CT molecular complexity index is 288. The molecule has 1 saturated heterocycles. The molecular formula is C13H26N4O2. The first-order valence-electron chi connectivity index (χ1n) is 7.22. The number of hydrogen-bond donors (Lipinski definition) is 3. The van der Waals surface area contributed by atoms with E-state index in [0.717, 1.165) is 12.8 Å². The van der Waals surface area contributed by atoms with Crippen molar-refractivity contribution in [1.29, 1.82) is 0 Å². The van der Waals surface area contributed by atoms with Gasteiger partial charge in [-0.3, -0.25) is 10.2 Å². The van der Waals surface area contributed by atoms with Gasteiger partial charge in [-0.15, -0.1) is 0 Å². The number of hydrogen-bond acceptors (Lipinski definition) is 3. The minimum atomic E-state index is -0.236. The summed E-state index contributed by atoms with van der Waals surface area (Å²) in [6.45, 7) is 4.23. The molecule has 6 nitrogen and oxygen atoms in total. The summed E-state index contributed by atoms with van der Waals surface area (Å²) in [6.07, 6.45) is 6.01. The molecule has 110 valence electrons. The van der Waals surface area contributed by atoms with Gasteiger partial charge >= 0.3 is 6.03 Å². The Balaban J connectivity index is 2.08. The van der Waals surface area contributed by atoms with Crippen molar-refractivity contribution in [3.05, 3.63) is 0 Å². The van der Waals surface area contributed by atoms with E-state index in [-0.39, 0.29) is 17.9 Å². The molecule has 6 heteroatoms. The summed E-state index contributed by atoms with van der Waals surface area (Å²) in [5.41, 5.74) is 8.06. The van der Waals surface area contributed by atoms with Crippen molar-refractivity contribution in [2.24, 2.45) is 11.7 Å². The highest BCUT2D eigenvalue weighted by molar-refractivity contribution is 5.76. The van der Waals surface area contributed by atoms with Gasteiger partial charge in [0.05, 0.1) is 0 Å². The third-order valence-corrected chi connectivity index (χ3v) is 3.47. The Hall–Kier alpha value is -1.30. The summed E-state index contributed by atoms with van der Waals surface area (Å²) < 4.78 is 0. The van der Waals surface area contributed by atoms with Crippen molar-refractivity contribution >= 4 is 11.9 Å². The fraction of sp³-hybridized carbons (Fsp3) is 0.846. The molecule has 0 aliphatic carbocycles. The molecule has 0 bridgehead atoms. The number of nitrogens with zero attached hydrogens (tertiary/aromatic N) is 1. The first-order valence-corrected chi connectivity index (χ1v) is 7.22. The summed E-state index contributed by atoms with van der Waals surface area (Å²) >= 11 is 0. The highest BCUT2D eigenvalue weighted by atomic mass is 16.2. The van der Waals surface area contributed by atoms with Crippen LogP contribution in [0.25, 0.3) is 0 Å². The normalized spacial score (nSPS) is 17.1. The molecule has 19 heavy (non-hydrogen) atoms. The van der Waals surface area contributed by atoms with Gasteiger partial charge in [0, 0.05) is 25.6 Å². The van der Waals surface area contributed by atoms with Crippen LogP contribution in [0.5, 0.6) is 0 Å². The molecule has 4 N–H and O–H groups in total. The Kier molecular flexibility index (Phi) is 7.25. The van der Waals surface area contributed by atoms with Gasteiger partial charge in [-0.2, -0.15) is 0 Å². The quantitative estimate of drug-likeness (QED) is 0.603. The van der Waals surface area contributed by atoms with Gasteiger partial charge in [-0.25, -0.2) is 9.80 Å². The van der Waals surface area contributed by atoms with E-state index < -0.39 is 0 Å². The van der Waals surface area contributed by atoms with E-state index in [4.69, 9.17) is 5.73 Å². The average molecular weight is 270 g/mol. The van der Waals surface area contributed by atoms with Crippen molar-refractivity contribution in [1.82, 2.24) is 15.8 Å². The van der Waals surface area contributed by atoms with Gasteiger partial charge in [0.15, 0.2) is 0 Å². The number of piperidine rings is 1. The maximum atomic E-state index is 11.6. The van der Waals surface area contributed by atoms with Crippen molar-refractivity contribution < 1.29 is 9.59 Å². The van der Waals surface area contributed by atoms with Crippen LogP contribution in [0.4, 0.5) is 4.79 Å². The molecular weight excluding hydrogens is 244 g/mol. The second kappa shape index (κ2) is 8.74. The number of unbranched alkanes of at least 4 members (excludes halogenated alkanes) is 3. The minimum absolute atomic E-state index is 0.0462. The average Bonchev–Trinajstić information content (AvgIpc) is 2.39. The highest BCUT2D eigenvalue weighted by Crippen LogP contribution is 2.14. The van der Waals surface area contributed by atoms with E-state index in [2.05, 4.69) is 17.7 Å². The van der Waals surface area contributed by atoms with Crippen LogP contribution in [0.3, 0.4) is 0 Å². The van der Waals surface area contributed by atoms with E-state index in [0.29, 0.717) is 32.5 Å². The molecule has 3 amide bonds. The molecule has 0 atom stereocenters. The van der Waals surface area contributed by atoms with Crippen LogP contribution >= 0.6 is 0 Å². The molecule has 0 unspecified atom stereocenters. The summed E-state index contributed by atoms with van der Waals surface area (Å²) in [6, 6.07) is -0.158. The summed E-state index contributed by atoms with van der Waals surface area (Å²) in [5.74, 6) is -0.282. The fourth-order valence-electron chi connectivity index (χ4n) is 2.21. The summed E-state index contributed by atoms with van der Waals surface area (Å²) in [5, 5.41) is 4.69. The molecule has 1 rings (SSSR count). The third kappa shape index (κ3) is 6.42. The van der Waals surface area contributed by atoms with Crippen LogP contribution < -0.4 is 16.5 Å². The van der Waals surface area contributed by atoms with Crippen LogP contribution in [0.15, 0.2) is 0 Å². The van der Waals surface area contributed by atoms with E-state index in [1.165, 1.54) is 12.8 Å². The van der Waals surface area contributed by atoms with E-state index in [9.17, 15) is 9.59 Å². The number of nitrogens with two attached hydrogens (primary N) is 1. The number of nitrogens with one attached hydrogen (secondary N) is 2. The molecule has 0 saturated carbocycles. The summed E-state index contributed by atoms with van der Waals surface area (Å²) in [7, 11) is 0. The lowest BCUT2D eigenvalue weighted by molar-refractivity contribution is -0.123. The van der Waals surface area contributed by atoms with Crippen LogP contribution in [0.1, 0.15) is 45.4 Å². The highest BCUT2D eigenvalue weighted by Gasteiger charge is 2.23. The zero-order valence-electron chi connectivity index (χ0n) is 11.8. The molecule has 1 heterocycles. The largest absolute Gasteiger partial charge is 0.369 e. The maximum Gasteiger partial charge on any atom is 0.329 e. The van der Waals surface area contributed by atoms with Crippen molar-refractivity contribution in [3.63, 3.8) is 0 Å². The van der Waals surface area contributed by atoms with Crippen molar-refractivity contribution in [2.45, 2.75) is 45.4 Å². The first kappa shape index (κ1) is 15.8. The SMILES string of the molecule is CCCCCCNC(=O)NN1CCC(C(N)=O)CC1. The number of rotatable bonds is 7. The predicted octanol–water partition coefficient (Wildman–Crippen LogP) is 0.978. The number of amides is 3. The Morgan fingerprint density at radius 1 is 1.21 bits per heavy atom. The maximum absolute atomic E-state index is 11.6. The number of primary amides is 1. The number of carbonyl (C=O) groups excluding carboxylic acids is 2. The van der Waals surface area contributed by atoms with Gasteiger partial charge in [-0.05, 0) is 19.3 Å². The van der Waals surface area contributed by atoms with Crippen molar-refractivity contribution in [3.8, 4) is 0 Å². The Labute approximate surface area is 115 Å². The zero-order valence-corrected chi connectivity index (χ0v) is 11.8. The fourth-order valence-corrected chi connectivity index (χ4v) is 2.21. The topological polar surface area (TPSA) is 87.5 Å². The third-order valence-electron chi connectivity index (χ3n) is 3.47. The molecule has 0 aromatic rings. The van der Waals surface area contributed by atoms with Crippen LogP contribution in [-0.2, 0) is 4.79 Å². The molecule has 1 aliphatic heterocycles. The molecule has 1 aliphatic rings. The number of hydrazine groups is 1. The first-order chi connectivity index (χ1) is 9.13. The lowest BCUT2D eigenvalue weighted by Gasteiger charge is -2.30. The molecule has 0 aromatic heterocycles. The zero-order chi connectivity index (χ0) is 14.1. The van der Waals surface area contributed by atoms with Gasteiger partial charge in [-0.1, -0.05) is 26.2 Å². The van der Waals surface area contributed by atoms with Crippen LogP contribution in [0, 0.1) is 5.92 Å².